The third-order valence-electron chi connectivity index (χ3n) is 4.56. The Hall–Kier alpha value is -0.570. The molecule has 2 fully saturated rings. The van der Waals surface area contributed by atoms with E-state index in [1.165, 1.54) is 19.3 Å². The third-order valence-corrected chi connectivity index (χ3v) is 4.56. The van der Waals surface area contributed by atoms with Crippen molar-refractivity contribution in [1.29, 1.82) is 0 Å². The van der Waals surface area contributed by atoms with Crippen LogP contribution in [0.25, 0.3) is 0 Å². The van der Waals surface area contributed by atoms with Gasteiger partial charge in [0.05, 0.1) is 6.04 Å². The molecule has 0 spiro atoms. The highest BCUT2D eigenvalue weighted by Gasteiger charge is 2.39. The van der Waals surface area contributed by atoms with Crippen LogP contribution in [-0.2, 0) is 4.79 Å². The number of rotatable bonds is 3. The van der Waals surface area contributed by atoms with Crippen LogP contribution >= 0.6 is 0 Å². The Labute approximate surface area is 111 Å². The topological polar surface area (TPSA) is 32.3 Å². The van der Waals surface area contributed by atoms with Crippen LogP contribution < -0.4 is 5.32 Å². The molecule has 4 unspecified atom stereocenters. The number of carbonyl (C=O) groups excluding carboxylic acids is 1. The minimum atomic E-state index is 0.0662. The summed E-state index contributed by atoms with van der Waals surface area (Å²) in [6.07, 6.45) is 4.73. The van der Waals surface area contributed by atoms with Crippen molar-refractivity contribution in [3.8, 4) is 0 Å². The summed E-state index contributed by atoms with van der Waals surface area (Å²) in [5, 5.41) is 3.39. The number of likely N-dealkylation sites (tertiary alicyclic amines) is 1. The Balaban J connectivity index is 1.96. The number of carbonyl (C=O) groups is 1. The van der Waals surface area contributed by atoms with Gasteiger partial charge >= 0.3 is 0 Å². The summed E-state index contributed by atoms with van der Waals surface area (Å²) in [4.78, 5) is 14.6. The van der Waals surface area contributed by atoms with Gasteiger partial charge in [0, 0.05) is 18.6 Å². The molecule has 2 rings (SSSR count). The number of amides is 1. The van der Waals surface area contributed by atoms with Crippen LogP contribution in [0.2, 0.25) is 0 Å². The zero-order valence-electron chi connectivity index (χ0n) is 12.3. The summed E-state index contributed by atoms with van der Waals surface area (Å²) in [5.74, 6) is 1.84. The van der Waals surface area contributed by atoms with Crippen molar-refractivity contribution in [2.75, 3.05) is 6.54 Å². The Morgan fingerprint density at radius 1 is 1.22 bits per heavy atom. The van der Waals surface area contributed by atoms with E-state index in [0.717, 1.165) is 18.9 Å². The lowest BCUT2D eigenvalue weighted by Crippen LogP contribution is -2.48. The van der Waals surface area contributed by atoms with Crippen molar-refractivity contribution in [3.63, 3.8) is 0 Å². The van der Waals surface area contributed by atoms with Gasteiger partial charge in [0.25, 0.3) is 0 Å². The maximum Gasteiger partial charge on any atom is 0.240 e. The van der Waals surface area contributed by atoms with Gasteiger partial charge < -0.3 is 10.2 Å². The molecule has 1 aliphatic carbocycles. The number of hydrogen-bond donors (Lipinski definition) is 1. The van der Waals surface area contributed by atoms with Crippen LogP contribution in [0.3, 0.4) is 0 Å². The van der Waals surface area contributed by atoms with Gasteiger partial charge in [-0.3, -0.25) is 4.79 Å². The Morgan fingerprint density at radius 3 is 2.56 bits per heavy atom. The van der Waals surface area contributed by atoms with Gasteiger partial charge in [0.2, 0.25) is 5.91 Å². The standard InChI is InChI=1S/C15H28N2O/c1-10(2)16-13-7-8-17(15(13)18)14-6-5-11(3)9-12(14)4/h10-14,16H,5-9H2,1-4H3. The van der Waals surface area contributed by atoms with E-state index in [-0.39, 0.29) is 6.04 Å². The number of nitrogens with one attached hydrogen (secondary N) is 1. The molecule has 1 saturated heterocycles. The van der Waals surface area contributed by atoms with Crippen molar-refractivity contribution < 1.29 is 4.79 Å². The van der Waals surface area contributed by atoms with Crippen LogP contribution in [0.1, 0.15) is 53.4 Å². The van der Waals surface area contributed by atoms with E-state index in [1.54, 1.807) is 0 Å². The fourth-order valence-corrected chi connectivity index (χ4v) is 3.70. The van der Waals surface area contributed by atoms with E-state index >= 15 is 0 Å². The lowest BCUT2D eigenvalue weighted by Gasteiger charge is -2.38. The smallest absolute Gasteiger partial charge is 0.240 e. The summed E-state index contributed by atoms with van der Waals surface area (Å²) >= 11 is 0. The predicted molar refractivity (Wildman–Crippen MR) is 74.4 cm³/mol. The van der Waals surface area contributed by atoms with Crippen molar-refractivity contribution in [1.82, 2.24) is 10.2 Å². The van der Waals surface area contributed by atoms with E-state index in [2.05, 4.69) is 37.9 Å². The maximum atomic E-state index is 12.4. The van der Waals surface area contributed by atoms with Crippen molar-refractivity contribution >= 4 is 5.91 Å². The average molecular weight is 252 g/mol. The van der Waals surface area contributed by atoms with Gasteiger partial charge in [-0.2, -0.15) is 0 Å². The number of nitrogens with zero attached hydrogens (tertiary/aromatic N) is 1. The lowest BCUT2D eigenvalue weighted by atomic mass is 9.79. The van der Waals surface area contributed by atoms with Crippen LogP contribution in [0.5, 0.6) is 0 Å². The normalized spacial score (nSPS) is 37.6. The van der Waals surface area contributed by atoms with E-state index < -0.39 is 0 Å². The fourth-order valence-electron chi connectivity index (χ4n) is 3.70. The second-order valence-electron chi connectivity index (χ2n) is 6.66. The molecule has 0 bridgehead atoms. The maximum absolute atomic E-state index is 12.4. The van der Waals surface area contributed by atoms with E-state index in [9.17, 15) is 4.79 Å². The van der Waals surface area contributed by atoms with E-state index in [4.69, 9.17) is 0 Å². The van der Waals surface area contributed by atoms with Crippen molar-refractivity contribution in [3.05, 3.63) is 0 Å². The second-order valence-corrected chi connectivity index (χ2v) is 6.66. The molecule has 0 aromatic rings. The highest BCUT2D eigenvalue weighted by Crippen LogP contribution is 2.33. The lowest BCUT2D eigenvalue weighted by molar-refractivity contribution is -0.133. The molecule has 4 atom stereocenters. The Kier molecular flexibility index (Phi) is 4.31. The van der Waals surface area contributed by atoms with Crippen LogP contribution in [-0.4, -0.2) is 35.5 Å². The highest BCUT2D eigenvalue weighted by atomic mass is 16.2. The Morgan fingerprint density at radius 2 is 1.94 bits per heavy atom. The van der Waals surface area contributed by atoms with Gasteiger partial charge in [-0.05, 0) is 37.5 Å². The fraction of sp³-hybridized carbons (Fsp3) is 0.933. The summed E-state index contributed by atoms with van der Waals surface area (Å²) in [6.45, 7) is 9.83. The first-order valence-corrected chi connectivity index (χ1v) is 7.55. The quantitative estimate of drug-likeness (QED) is 0.836. The molecular formula is C15H28N2O. The van der Waals surface area contributed by atoms with E-state index in [0.29, 0.717) is 23.9 Å². The predicted octanol–water partition coefficient (Wildman–Crippen LogP) is 2.41. The molecule has 1 amide bonds. The zero-order valence-corrected chi connectivity index (χ0v) is 12.3. The first-order valence-electron chi connectivity index (χ1n) is 7.55. The molecular weight excluding hydrogens is 224 g/mol. The summed E-state index contributed by atoms with van der Waals surface area (Å²) in [5.41, 5.74) is 0. The zero-order chi connectivity index (χ0) is 13.3. The van der Waals surface area contributed by atoms with Crippen molar-refractivity contribution in [2.45, 2.75) is 71.5 Å². The molecule has 2 aliphatic rings. The van der Waals surface area contributed by atoms with Gasteiger partial charge in [0.15, 0.2) is 0 Å². The number of hydrogen-bond acceptors (Lipinski definition) is 2. The molecule has 1 saturated carbocycles. The van der Waals surface area contributed by atoms with Crippen LogP contribution in [0, 0.1) is 11.8 Å². The first-order chi connectivity index (χ1) is 8.49. The van der Waals surface area contributed by atoms with E-state index in [1.807, 2.05) is 0 Å². The Bertz CT molecular complexity index is 303. The summed E-state index contributed by atoms with van der Waals surface area (Å²) in [7, 11) is 0. The molecule has 3 nitrogen and oxygen atoms in total. The molecule has 0 radical (unpaired) electrons. The minimum absolute atomic E-state index is 0.0662. The van der Waals surface area contributed by atoms with Gasteiger partial charge in [0.1, 0.15) is 0 Å². The average Bonchev–Trinajstić information content (AvgIpc) is 2.60. The molecule has 0 aromatic carbocycles. The van der Waals surface area contributed by atoms with Gasteiger partial charge in [-0.15, -0.1) is 0 Å². The summed E-state index contributed by atoms with van der Waals surface area (Å²) in [6, 6.07) is 0.951. The third kappa shape index (κ3) is 2.87. The monoisotopic (exact) mass is 252 g/mol. The minimum Gasteiger partial charge on any atom is -0.338 e. The van der Waals surface area contributed by atoms with Crippen molar-refractivity contribution in [2.24, 2.45) is 11.8 Å². The molecule has 104 valence electrons. The summed E-state index contributed by atoms with van der Waals surface area (Å²) < 4.78 is 0. The first kappa shape index (κ1) is 13.9. The molecule has 18 heavy (non-hydrogen) atoms. The van der Waals surface area contributed by atoms with Crippen LogP contribution in [0.15, 0.2) is 0 Å². The molecule has 1 aliphatic heterocycles. The molecule has 0 aromatic heterocycles. The molecule has 1 heterocycles. The molecule has 1 N–H and O–H groups in total. The second kappa shape index (κ2) is 5.60. The van der Waals surface area contributed by atoms with Gasteiger partial charge in [-0.1, -0.05) is 27.7 Å². The SMILES string of the molecule is CC1CCC(N2CCC(NC(C)C)C2=O)C(C)C1. The van der Waals surface area contributed by atoms with Gasteiger partial charge in [-0.25, -0.2) is 0 Å². The largest absolute Gasteiger partial charge is 0.338 e. The molecule has 3 heteroatoms. The van der Waals surface area contributed by atoms with Crippen LogP contribution in [0.4, 0.5) is 0 Å². The highest BCUT2D eigenvalue weighted by molar-refractivity contribution is 5.84.